The highest BCUT2D eigenvalue weighted by atomic mass is 16.7. The van der Waals surface area contributed by atoms with Crippen LogP contribution < -0.4 is 0 Å². The normalized spacial score (nSPS) is 26.4. The van der Waals surface area contributed by atoms with Crippen LogP contribution in [0.4, 0.5) is 4.79 Å². The number of carbonyl (C=O) groups is 1. The summed E-state index contributed by atoms with van der Waals surface area (Å²) >= 11 is 0. The maximum Gasteiger partial charge on any atom is 0.508 e. The third kappa shape index (κ3) is 3.42. The number of aliphatic hydroxyl groups is 1. The molecule has 1 aliphatic carbocycles. The van der Waals surface area contributed by atoms with Gasteiger partial charge in [-0.3, -0.25) is 0 Å². The van der Waals surface area contributed by atoms with Crippen molar-refractivity contribution in [2.45, 2.75) is 43.4 Å². The molecule has 4 unspecified atom stereocenters. The Bertz CT molecular complexity index is 809. The van der Waals surface area contributed by atoms with E-state index in [4.69, 9.17) is 22.1 Å². The minimum Gasteiger partial charge on any atom is -0.433 e. The molecule has 2 aliphatic rings. The van der Waals surface area contributed by atoms with E-state index in [-0.39, 0.29) is 19.1 Å². The van der Waals surface area contributed by atoms with E-state index >= 15 is 0 Å². The van der Waals surface area contributed by atoms with Gasteiger partial charge in [0.1, 0.15) is 18.8 Å². The Balaban J connectivity index is 1.44. The number of benzene rings is 2. The first-order valence-electron chi connectivity index (χ1n) is 9.67. The molecule has 1 fully saturated rings. The van der Waals surface area contributed by atoms with Crippen LogP contribution in [0.3, 0.4) is 0 Å². The van der Waals surface area contributed by atoms with Crippen LogP contribution in [0.25, 0.3) is 11.1 Å². The first-order valence-corrected chi connectivity index (χ1v) is 9.67. The summed E-state index contributed by atoms with van der Waals surface area (Å²) in [6.07, 6.45) is -2.41. The molecule has 2 aromatic rings. The van der Waals surface area contributed by atoms with Gasteiger partial charge in [0.05, 0.1) is 14.0 Å². The quantitative estimate of drug-likeness (QED) is 0.652. The summed E-state index contributed by atoms with van der Waals surface area (Å²) in [7, 11) is 5.96. The average Bonchev–Trinajstić information content (AvgIpc) is 3.03. The molecule has 0 bridgehead atoms. The van der Waals surface area contributed by atoms with Crippen molar-refractivity contribution < 1.29 is 24.1 Å². The van der Waals surface area contributed by atoms with Crippen LogP contribution in [0.2, 0.25) is 5.82 Å². The summed E-state index contributed by atoms with van der Waals surface area (Å²) in [4.78, 5) is 12.3. The van der Waals surface area contributed by atoms with Gasteiger partial charge in [0.15, 0.2) is 0 Å². The van der Waals surface area contributed by atoms with Crippen molar-refractivity contribution in [2.75, 3.05) is 13.2 Å². The fourth-order valence-corrected chi connectivity index (χ4v) is 4.15. The van der Waals surface area contributed by atoms with Gasteiger partial charge < -0.3 is 19.3 Å². The molecule has 0 spiro atoms. The second kappa shape index (κ2) is 7.98. The van der Waals surface area contributed by atoms with E-state index in [2.05, 4.69) is 24.3 Å². The van der Waals surface area contributed by atoms with Crippen molar-refractivity contribution in [1.82, 2.24) is 0 Å². The van der Waals surface area contributed by atoms with Crippen molar-refractivity contribution in [3.05, 3.63) is 59.7 Å². The molecule has 5 nitrogen and oxygen atoms in total. The molecule has 4 atom stereocenters. The summed E-state index contributed by atoms with van der Waals surface area (Å²) in [6, 6.07) is 16.2. The van der Waals surface area contributed by atoms with Crippen LogP contribution in [-0.2, 0) is 14.2 Å². The largest absolute Gasteiger partial charge is 0.508 e. The fraction of sp³-hybridized carbons (Fsp3) is 0.409. The Kier molecular flexibility index (Phi) is 5.42. The van der Waals surface area contributed by atoms with Crippen molar-refractivity contribution in [3.63, 3.8) is 0 Å². The number of carbonyl (C=O) groups excluding carboxylic acids is 1. The van der Waals surface area contributed by atoms with Gasteiger partial charge in [-0.25, -0.2) is 4.79 Å². The van der Waals surface area contributed by atoms with Gasteiger partial charge in [-0.2, -0.15) is 0 Å². The lowest BCUT2D eigenvalue weighted by atomic mass is 9.77. The first kappa shape index (κ1) is 19.0. The summed E-state index contributed by atoms with van der Waals surface area (Å²) in [5.74, 6) is -0.630. The predicted molar refractivity (Wildman–Crippen MR) is 105 cm³/mol. The number of aliphatic hydroxyl groups excluding tert-OH is 1. The average molecular weight is 378 g/mol. The zero-order chi connectivity index (χ0) is 19.7. The second-order valence-electron chi connectivity index (χ2n) is 7.31. The van der Waals surface area contributed by atoms with Crippen LogP contribution in [0.5, 0.6) is 0 Å². The number of fused-ring (bicyclic) bond motifs is 3. The highest BCUT2D eigenvalue weighted by Gasteiger charge is 2.39. The first-order chi connectivity index (χ1) is 13.6. The lowest BCUT2D eigenvalue weighted by molar-refractivity contribution is -0.143. The summed E-state index contributed by atoms with van der Waals surface area (Å²) in [5, 5.41) is 10.4. The Labute approximate surface area is 166 Å². The Morgan fingerprint density at radius 1 is 1.14 bits per heavy atom. The smallest absolute Gasteiger partial charge is 0.433 e. The fourth-order valence-electron chi connectivity index (χ4n) is 4.15. The van der Waals surface area contributed by atoms with E-state index in [0.717, 1.165) is 22.3 Å². The molecule has 4 rings (SSSR count). The van der Waals surface area contributed by atoms with Gasteiger partial charge in [0, 0.05) is 12.5 Å². The molecule has 0 aromatic heterocycles. The van der Waals surface area contributed by atoms with E-state index in [1.165, 1.54) is 0 Å². The van der Waals surface area contributed by atoms with Crippen LogP contribution >= 0.6 is 0 Å². The molecule has 2 radical (unpaired) electrons. The van der Waals surface area contributed by atoms with Crippen LogP contribution in [0.1, 0.15) is 30.4 Å². The van der Waals surface area contributed by atoms with Crippen LogP contribution in [0, 0.1) is 0 Å². The van der Waals surface area contributed by atoms with E-state index in [1.54, 1.807) is 0 Å². The maximum absolute atomic E-state index is 12.3. The second-order valence-corrected chi connectivity index (χ2v) is 7.31. The van der Waals surface area contributed by atoms with Gasteiger partial charge in [0.25, 0.3) is 0 Å². The molecule has 1 N–H and O–H groups in total. The van der Waals surface area contributed by atoms with Crippen molar-refractivity contribution in [3.8, 4) is 11.1 Å². The molecule has 0 saturated carbocycles. The monoisotopic (exact) mass is 378 g/mol. The predicted octanol–water partition coefficient (Wildman–Crippen LogP) is 3.45. The summed E-state index contributed by atoms with van der Waals surface area (Å²) < 4.78 is 16.3. The minimum atomic E-state index is -0.964. The van der Waals surface area contributed by atoms with Gasteiger partial charge in [-0.15, -0.1) is 0 Å². The number of ether oxygens (including phenoxy) is 3. The van der Waals surface area contributed by atoms with Gasteiger partial charge in [-0.1, -0.05) is 55.5 Å². The molecule has 144 valence electrons. The van der Waals surface area contributed by atoms with Crippen molar-refractivity contribution >= 4 is 14.0 Å². The van der Waals surface area contributed by atoms with Crippen molar-refractivity contribution in [2.24, 2.45) is 0 Å². The number of rotatable bonds is 4. The zero-order valence-electron chi connectivity index (χ0n) is 15.8. The van der Waals surface area contributed by atoms with E-state index in [1.807, 2.05) is 31.2 Å². The Morgan fingerprint density at radius 3 is 2.36 bits per heavy atom. The molecule has 1 saturated heterocycles. The van der Waals surface area contributed by atoms with Crippen LogP contribution in [0.15, 0.2) is 48.5 Å². The van der Waals surface area contributed by atoms with Crippen LogP contribution in [-0.4, -0.2) is 50.6 Å². The molecule has 0 amide bonds. The summed E-state index contributed by atoms with van der Waals surface area (Å²) in [5.41, 5.74) is 4.58. The number of hydrogen-bond donors (Lipinski definition) is 1. The topological polar surface area (TPSA) is 65.0 Å². The minimum absolute atomic E-state index is 0.0448. The van der Waals surface area contributed by atoms with E-state index < -0.39 is 30.3 Å². The Morgan fingerprint density at radius 2 is 1.75 bits per heavy atom. The van der Waals surface area contributed by atoms with Crippen molar-refractivity contribution in [1.29, 1.82) is 0 Å². The molecular weight excluding hydrogens is 355 g/mol. The third-order valence-electron chi connectivity index (χ3n) is 5.61. The molecule has 1 heterocycles. The summed E-state index contributed by atoms with van der Waals surface area (Å²) in [6.45, 7) is 2.30. The van der Waals surface area contributed by atoms with Gasteiger partial charge >= 0.3 is 6.16 Å². The third-order valence-corrected chi connectivity index (χ3v) is 5.61. The van der Waals surface area contributed by atoms with E-state index in [9.17, 15) is 9.90 Å². The zero-order valence-corrected chi connectivity index (χ0v) is 15.8. The molecule has 2 aromatic carbocycles. The molecular formula is C22H23BO5. The van der Waals surface area contributed by atoms with Gasteiger partial charge in [-0.05, 0) is 34.5 Å². The SMILES string of the molecule is [B]C1COC(CC)C(O)C1OC(=O)OCC1c2ccccc2-c2ccccc21. The molecule has 28 heavy (non-hydrogen) atoms. The highest BCUT2D eigenvalue weighted by molar-refractivity contribution is 6.12. The maximum atomic E-state index is 12.3. The lowest BCUT2D eigenvalue weighted by Gasteiger charge is -2.38. The Hall–Kier alpha value is -2.31. The van der Waals surface area contributed by atoms with E-state index in [0.29, 0.717) is 6.42 Å². The molecule has 6 heteroatoms. The standard InChI is InChI=1S/C22H23BO5/c1-2-19-20(24)21(18(23)12-26-19)28-22(25)27-11-17-15-9-5-3-7-13(15)14-8-4-6-10-16(14)17/h3-10,17-21,24H,2,11-12H2,1H3. The lowest BCUT2D eigenvalue weighted by Crippen LogP contribution is -2.49. The highest BCUT2D eigenvalue weighted by Crippen LogP contribution is 2.44. The molecule has 1 aliphatic heterocycles. The van der Waals surface area contributed by atoms with Gasteiger partial charge in [0.2, 0.25) is 0 Å². The number of hydrogen-bond acceptors (Lipinski definition) is 5.